The number of carbonyl (C=O) groups excluding carboxylic acids is 1. The minimum atomic E-state index is 0.257. The van der Waals surface area contributed by atoms with Gasteiger partial charge < -0.3 is 0 Å². The number of nitrogens with zero attached hydrogens (tertiary/aromatic N) is 1. The molecule has 17 heavy (non-hydrogen) atoms. The molecular weight excluding hydrogens is 325 g/mol. The largest absolute Gasteiger partial charge is 0.299 e. The summed E-state index contributed by atoms with van der Waals surface area (Å²) < 4.78 is 1.27. The lowest BCUT2D eigenvalue weighted by atomic mass is 9.94. The first-order valence-corrected chi connectivity index (χ1v) is 7.26. The van der Waals surface area contributed by atoms with Crippen LogP contribution in [0.5, 0.6) is 0 Å². The van der Waals surface area contributed by atoms with Crippen LogP contribution in [0, 0.1) is 9.49 Å². The molecule has 1 aromatic carbocycles. The second-order valence-electron chi connectivity index (χ2n) is 4.68. The molecule has 0 aromatic heterocycles. The molecule has 1 aromatic rings. The molecule has 1 fully saturated rings. The SMILES string of the molecule is CCC1CN(Cc2ccc(I)cc2)CCC1=O. The maximum Gasteiger partial charge on any atom is 0.138 e. The fourth-order valence-corrected chi connectivity index (χ4v) is 2.69. The molecule has 92 valence electrons. The Morgan fingerprint density at radius 3 is 2.71 bits per heavy atom. The lowest BCUT2D eigenvalue weighted by Crippen LogP contribution is -2.40. The fourth-order valence-electron chi connectivity index (χ4n) is 2.33. The minimum absolute atomic E-state index is 0.257. The average Bonchev–Trinajstić information content (AvgIpc) is 2.34. The molecular formula is C14H18INO. The Kier molecular flexibility index (Phi) is 4.56. The highest BCUT2D eigenvalue weighted by atomic mass is 127. The highest BCUT2D eigenvalue weighted by Gasteiger charge is 2.25. The summed E-state index contributed by atoms with van der Waals surface area (Å²) in [4.78, 5) is 14.0. The van der Waals surface area contributed by atoms with Crippen molar-refractivity contribution in [3.05, 3.63) is 33.4 Å². The van der Waals surface area contributed by atoms with Crippen LogP contribution in [0.4, 0.5) is 0 Å². The Morgan fingerprint density at radius 2 is 2.06 bits per heavy atom. The zero-order valence-electron chi connectivity index (χ0n) is 10.2. The second kappa shape index (κ2) is 5.96. The van der Waals surface area contributed by atoms with Crippen molar-refractivity contribution < 1.29 is 4.79 Å². The molecule has 1 atom stereocenters. The number of ketones is 1. The van der Waals surface area contributed by atoms with E-state index in [2.05, 4.69) is 58.7 Å². The number of likely N-dealkylation sites (tertiary alicyclic amines) is 1. The van der Waals surface area contributed by atoms with Crippen LogP contribution in [0.1, 0.15) is 25.3 Å². The average molecular weight is 343 g/mol. The molecule has 2 nitrogen and oxygen atoms in total. The Bertz CT molecular complexity index is 388. The quantitative estimate of drug-likeness (QED) is 0.786. The van der Waals surface area contributed by atoms with E-state index in [1.165, 1.54) is 9.13 Å². The minimum Gasteiger partial charge on any atom is -0.299 e. The highest BCUT2D eigenvalue weighted by molar-refractivity contribution is 14.1. The van der Waals surface area contributed by atoms with E-state index in [0.717, 1.165) is 32.5 Å². The molecule has 2 rings (SSSR count). The molecule has 0 aliphatic carbocycles. The molecule has 0 radical (unpaired) electrons. The zero-order chi connectivity index (χ0) is 12.3. The predicted octanol–water partition coefficient (Wildman–Crippen LogP) is 3.09. The topological polar surface area (TPSA) is 20.3 Å². The summed E-state index contributed by atoms with van der Waals surface area (Å²) in [6.45, 7) is 4.93. The normalized spacial score (nSPS) is 21.8. The van der Waals surface area contributed by atoms with E-state index >= 15 is 0 Å². The lowest BCUT2D eigenvalue weighted by Gasteiger charge is -2.31. The van der Waals surface area contributed by atoms with Gasteiger partial charge >= 0.3 is 0 Å². The zero-order valence-corrected chi connectivity index (χ0v) is 12.3. The van der Waals surface area contributed by atoms with Gasteiger partial charge in [-0.1, -0.05) is 19.1 Å². The number of halogens is 1. The van der Waals surface area contributed by atoms with Gasteiger partial charge in [-0.05, 0) is 46.7 Å². The van der Waals surface area contributed by atoms with E-state index in [9.17, 15) is 4.79 Å². The fraction of sp³-hybridized carbons (Fsp3) is 0.500. The van der Waals surface area contributed by atoms with Crippen LogP contribution >= 0.6 is 22.6 Å². The summed E-state index contributed by atoms with van der Waals surface area (Å²) in [5.74, 6) is 0.707. The smallest absolute Gasteiger partial charge is 0.138 e. The number of piperidine rings is 1. The molecule has 1 saturated heterocycles. The van der Waals surface area contributed by atoms with Crippen LogP contribution in [0.15, 0.2) is 24.3 Å². The molecule has 0 amide bonds. The highest BCUT2D eigenvalue weighted by Crippen LogP contribution is 2.18. The summed E-state index contributed by atoms with van der Waals surface area (Å²) in [5, 5.41) is 0. The second-order valence-corrected chi connectivity index (χ2v) is 5.93. The van der Waals surface area contributed by atoms with Crippen LogP contribution in [0.25, 0.3) is 0 Å². The van der Waals surface area contributed by atoms with Gasteiger partial charge in [0.25, 0.3) is 0 Å². The molecule has 1 aliphatic heterocycles. The van der Waals surface area contributed by atoms with Crippen LogP contribution in [-0.2, 0) is 11.3 Å². The van der Waals surface area contributed by atoms with Gasteiger partial charge in [-0.3, -0.25) is 9.69 Å². The van der Waals surface area contributed by atoms with Crippen molar-refractivity contribution in [1.29, 1.82) is 0 Å². The predicted molar refractivity (Wildman–Crippen MR) is 77.8 cm³/mol. The van der Waals surface area contributed by atoms with E-state index in [1.54, 1.807) is 0 Å². The van der Waals surface area contributed by atoms with Gasteiger partial charge in [-0.25, -0.2) is 0 Å². The van der Waals surface area contributed by atoms with Crippen LogP contribution in [-0.4, -0.2) is 23.8 Å². The molecule has 1 unspecified atom stereocenters. The van der Waals surface area contributed by atoms with Gasteiger partial charge in [0.1, 0.15) is 5.78 Å². The number of rotatable bonds is 3. The first kappa shape index (κ1) is 13.0. The van der Waals surface area contributed by atoms with E-state index < -0.39 is 0 Å². The van der Waals surface area contributed by atoms with Crippen LogP contribution in [0.3, 0.4) is 0 Å². The van der Waals surface area contributed by atoms with Gasteiger partial charge in [-0.15, -0.1) is 0 Å². The first-order chi connectivity index (χ1) is 8.19. The van der Waals surface area contributed by atoms with E-state index in [4.69, 9.17) is 0 Å². The summed E-state index contributed by atoms with van der Waals surface area (Å²) in [5.41, 5.74) is 1.34. The van der Waals surface area contributed by atoms with Gasteiger partial charge in [0.15, 0.2) is 0 Å². The Morgan fingerprint density at radius 1 is 1.35 bits per heavy atom. The van der Waals surface area contributed by atoms with Crippen molar-refractivity contribution in [1.82, 2.24) is 4.90 Å². The third-order valence-corrected chi connectivity index (χ3v) is 4.14. The van der Waals surface area contributed by atoms with Gasteiger partial charge in [0.05, 0.1) is 0 Å². The van der Waals surface area contributed by atoms with E-state index in [0.29, 0.717) is 5.78 Å². The van der Waals surface area contributed by atoms with Gasteiger partial charge in [-0.2, -0.15) is 0 Å². The first-order valence-electron chi connectivity index (χ1n) is 6.18. The van der Waals surface area contributed by atoms with Crippen molar-refractivity contribution >= 4 is 28.4 Å². The lowest BCUT2D eigenvalue weighted by molar-refractivity contribution is -0.126. The van der Waals surface area contributed by atoms with Crippen LogP contribution < -0.4 is 0 Å². The summed E-state index contributed by atoms with van der Waals surface area (Å²) >= 11 is 2.32. The summed E-state index contributed by atoms with van der Waals surface area (Å²) in [6, 6.07) is 8.64. The van der Waals surface area contributed by atoms with Crippen LogP contribution in [0.2, 0.25) is 0 Å². The summed E-state index contributed by atoms with van der Waals surface area (Å²) in [7, 11) is 0. The Hall–Kier alpha value is -0.420. The third-order valence-electron chi connectivity index (χ3n) is 3.42. The van der Waals surface area contributed by atoms with Crippen molar-refractivity contribution in [2.75, 3.05) is 13.1 Å². The maximum atomic E-state index is 11.6. The maximum absolute atomic E-state index is 11.6. The number of hydrogen-bond acceptors (Lipinski definition) is 2. The number of benzene rings is 1. The van der Waals surface area contributed by atoms with Crippen molar-refractivity contribution in [3.8, 4) is 0 Å². The van der Waals surface area contributed by atoms with Crippen molar-refractivity contribution in [3.63, 3.8) is 0 Å². The monoisotopic (exact) mass is 343 g/mol. The number of hydrogen-bond donors (Lipinski definition) is 0. The molecule has 0 spiro atoms. The number of carbonyl (C=O) groups is 1. The van der Waals surface area contributed by atoms with Crippen molar-refractivity contribution in [2.24, 2.45) is 5.92 Å². The molecule has 1 heterocycles. The van der Waals surface area contributed by atoms with Gasteiger partial charge in [0.2, 0.25) is 0 Å². The standard InChI is InChI=1S/C14H18INO/c1-2-12-10-16(8-7-14(12)17)9-11-3-5-13(15)6-4-11/h3-6,12H,2,7-10H2,1H3. The molecule has 0 saturated carbocycles. The molecule has 0 bridgehead atoms. The molecule has 3 heteroatoms. The molecule has 1 aliphatic rings. The summed E-state index contributed by atoms with van der Waals surface area (Å²) in [6.07, 6.45) is 1.70. The Labute approximate surface area is 117 Å². The van der Waals surface area contributed by atoms with Gasteiger partial charge in [0, 0.05) is 35.5 Å². The van der Waals surface area contributed by atoms with E-state index in [1.807, 2.05) is 0 Å². The van der Waals surface area contributed by atoms with Crippen molar-refractivity contribution in [2.45, 2.75) is 26.3 Å². The third kappa shape index (κ3) is 3.52. The van der Waals surface area contributed by atoms with E-state index in [-0.39, 0.29) is 5.92 Å². The molecule has 0 N–H and O–H groups in total. The Balaban J connectivity index is 1.95. The number of Topliss-reactive ketones (excluding diaryl/α,β-unsaturated/α-hetero) is 1.